The van der Waals surface area contributed by atoms with Gasteiger partial charge >= 0.3 is 11.9 Å². The van der Waals surface area contributed by atoms with E-state index >= 15 is 0 Å². The molecule has 0 unspecified atom stereocenters. The van der Waals surface area contributed by atoms with Gasteiger partial charge in [0.2, 0.25) is 0 Å². The van der Waals surface area contributed by atoms with Crippen LogP contribution in [0.15, 0.2) is 48.6 Å². The van der Waals surface area contributed by atoms with Crippen LogP contribution in [-0.4, -0.2) is 61.4 Å². The van der Waals surface area contributed by atoms with Crippen molar-refractivity contribution in [1.29, 1.82) is 0 Å². The van der Waals surface area contributed by atoms with Gasteiger partial charge in [0.25, 0.3) is 0 Å². The smallest absolute Gasteiger partial charge is 0.305 e. The second kappa shape index (κ2) is 39.3. The third-order valence-corrected chi connectivity index (χ3v) is 8.42. The Labute approximate surface area is 296 Å². The number of esters is 2. The summed E-state index contributed by atoms with van der Waals surface area (Å²) in [6, 6.07) is 0. The number of carbonyl (C=O) groups is 2. The quantitative estimate of drug-likeness (QED) is 0.0405. The summed E-state index contributed by atoms with van der Waals surface area (Å²) in [5, 5.41) is 9.39. The van der Waals surface area contributed by atoms with Crippen molar-refractivity contribution >= 4 is 11.9 Å². The van der Waals surface area contributed by atoms with Gasteiger partial charge in [-0.25, -0.2) is 0 Å². The fourth-order valence-electron chi connectivity index (χ4n) is 5.36. The molecule has 0 heterocycles. The maximum atomic E-state index is 12.1. The zero-order chi connectivity index (χ0) is 35.0. The number of nitrogens with zero attached hydrogens (tertiary/aromatic N) is 1. The summed E-state index contributed by atoms with van der Waals surface area (Å²) in [4.78, 5) is 26.2. The van der Waals surface area contributed by atoms with E-state index in [2.05, 4.69) is 62.5 Å². The molecule has 0 aliphatic rings. The van der Waals surface area contributed by atoms with E-state index in [0.717, 1.165) is 64.2 Å². The summed E-state index contributed by atoms with van der Waals surface area (Å²) in [5.74, 6) is -0.318. The van der Waals surface area contributed by atoms with E-state index in [4.69, 9.17) is 9.47 Å². The molecule has 0 saturated carbocycles. The molecular weight excluding hydrogens is 598 g/mol. The van der Waals surface area contributed by atoms with E-state index in [-0.39, 0.29) is 18.5 Å². The lowest BCUT2D eigenvalue weighted by atomic mass is 10.1. The van der Waals surface area contributed by atoms with Crippen molar-refractivity contribution in [1.82, 2.24) is 4.90 Å². The Kier molecular flexibility index (Phi) is 37.5. The van der Waals surface area contributed by atoms with Crippen LogP contribution in [0.5, 0.6) is 0 Å². The Balaban J connectivity index is 3.68. The highest BCUT2D eigenvalue weighted by molar-refractivity contribution is 5.69. The summed E-state index contributed by atoms with van der Waals surface area (Å²) in [6.45, 7) is 6.58. The normalized spacial score (nSPS) is 12.1. The molecule has 6 heteroatoms. The Morgan fingerprint density at radius 2 is 0.833 bits per heavy atom. The van der Waals surface area contributed by atoms with E-state index in [1.165, 1.54) is 77.0 Å². The zero-order valence-corrected chi connectivity index (χ0v) is 31.4. The monoisotopic (exact) mass is 674 g/mol. The van der Waals surface area contributed by atoms with E-state index in [1.807, 2.05) is 4.90 Å². The highest BCUT2D eigenvalue weighted by Crippen LogP contribution is 2.10. The fraction of sp³-hybridized carbons (Fsp3) is 0.762. The van der Waals surface area contributed by atoms with E-state index in [9.17, 15) is 14.7 Å². The van der Waals surface area contributed by atoms with Gasteiger partial charge in [0, 0.05) is 32.5 Å². The van der Waals surface area contributed by atoms with Crippen LogP contribution in [0.2, 0.25) is 0 Å². The van der Waals surface area contributed by atoms with Crippen LogP contribution in [0.3, 0.4) is 0 Å². The van der Waals surface area contributed by atoms with Crippen LogP contribution in [0.4, 0.5) is 0 Å². The van der Waals surface area contributed by atoms with E-state index in [0.29, 0.717) is 45.7 Å². The van der Waals surface area contributed by atoms with Gasteiger partial charge < -0.3 is 14.6 Å². The molecule has 0 aromatic heterocycles. The van der Waals surface area contributed by atoms with Crippen molar-refractivity contribution in [3.63, 3.8) is 0 Å². The van der Waals surface area contributed by atoms with Crippen molar-refractivity contribution in [3.05, 3.63) is 48.6 Å². The maximum absolute atomic E-state index is 12.1. The Morgan fingerprint density at radius 1 is 0.479 bits per heavy atom. The first-order valence-corrected chi connectivity index (χ1v) is 19.9. The van der Waals surface area contributed by atoms with Crippen molar-refractivity contribution in [2.75, 3.05) is 39.5 Å². The summed E-state index contributed by atoms with van der Waals surface area (Å²) in [5.41, 5.74) is 0. The number of aliphatic hydroxyl groups excluding tert-OH is 1. The van der Waals surface area contributed by atoms with Crippen molar-refractivity contribution in [2.24, 2.45) is 0 Å². The lowest BCUT2D eigenvalue weighted by Gasteiger charge is -2.20. The molecular formula is C42H75NO5. The molecule has 6 nitrogen and oxygen atoms in total. The van der Waals surface area contributed by atoms with Gasteiger partial charge in [0.1, 0.15) is 13.2 Å². The van der Waals surface area contributed by atoms with Crippen LogP contribution in [0.25, 0.3) is 0 Å². The first-order valence-electron chi connectivity index (χ1n) is 19.9. The summed E-state index contributed by atoms with van der Waals surface area (Å²) in [7, 11) is 0. The molecule has 0 aromatic rings. The standard InChI is InChI=1S/C42H75NO5/c1-3-5-7-9-11-13-15-17-19-21-23-25-27-29-31-33-41(45)47-39-36-43(35-38-44)37-40-48-42(46)34-32-30-28-26-24-22-20-18-16-14-12-10-8-6-4-2/h11-14,17-20,44H,3-10,15-16,21-40H2,1-2H3/b13-11-,14-12-,19-17-,20-18-. The number of ether oxygens (including phenoxy) is 2. The van der Waals surface area contributed by atoms with Gasteiger partial charge in [-0.3, -0.25) is 14.5 Å². The summed E-state index contributed by atoms with van der Waals surface area (Å²) < 4.78 is 10.8. The molecule has 0 spiro atoms. The van der Waals surface area contributed by atoms with Crippen LogP contribution < -0.4 is 0 Å². The first-order chi connectivity index (χ1) is 23.6. The topological polar surface area (TPSA) is 76.1 Å². The molecule has 0 fully saturated rings. The number of aliphatic hydroxyl groups is 1. The number of hydrogen-bond acceptors (Lipinski definition) is 6. The minimum absolute atomic E-state index is 0.0137. The maximum Gasteiger partial charge on any atom is 0.305 e. The Bertz CT molecular complexity index is 755. The minimum atomic E-state index is -0.159. The third kappa shape index (κ3) is 36.7. The minimum Gasteiger partial charge on any atom is -0.464 e. The van der Waals surface area contributed by atoms with Gasteiger partial charge in [-0.2, -0.15) is 0 Å². The van der Waals surface area contributed by atoms with Crippen molar-refractivity contribution < 1.29 is 24.2 Å². The van der Waals surface area contributed by atoms with Gasteiger partial charge in [0.05, 0.1) is 6.61 Å². The highest BCUT2D eigenvalue weighted by Gasteiger charge is 2.09. The van der Waals surface area contributed by atoms with Gasteiger partial charge in [0.15, 0.2) is 0 Å². The first kappa shape index (κ1) is 45.8. The number of hydrogen-bond donors (Lipinski definition) is 1. The van der Waals surface area contributed by atoms with Crippen molar-refractivity contribution in [2.45, 2.75) is 168 Å². The lowest BCUT2D eigenvalue weighted by Crippen LogP contribution is -2.34. The summed E-state index contributed by atoms with van der Waals surface area (Å²) in [6.07, 6.45) is 44.6. The molecule has 0 aliphatic carbocycles. The second-order valence-electron chi connectivity index (χ2n) is 13.0. The molecule has 0 radical (unpaired) electrons. The molecule has 48 heavy (non-hydrogen) atoms. The molecule has 0 aliphatic heterocycles. The average Bonchev–Trinajstić information content (AvgIpc) is 3.08. The Hall–Kier alpha value is -2.18. The number of unbranched alkanes of at least 4 members (excludes halogenated alkanes) is 16. The van der Waals surface area contributed by atoms with Crippen LogP contribution >= 0.6 is 0 Å². The van der Waals surface area contributed by atoms with Gasteiger partial charge in [-0.05, 0) is 77.0 Å². The number of carbonyl (C=O) groups excluding carboxylic acids is 2. The zero-order valence-electron chi connectivity index (χ0n) is 31.4. The van der Waals surface area contributed by atoms with Gasteiger partial charge in [-0.15, -0.1) is 0 Å². The molecule has 0 bridgehead atoms. The van der Waals surface area contributed by atoms with Crippen molar-refractivity contribution in [3.8, 4) is 0 Å². The predicted octanol–water partition coefficient (Wildman–Crippen LogP) is 11.0. The molecule has 0 amide bonds. The molecule has 1 N–H and O–H groups in total. The summed E-state index contributed by atoms with van der Waals surface area (Å²) >= 11 is 0. The Morgan fingerprint density at radius 3 is 1.21 bits per heavy atom. The molecule has 0 aromatic carbocycles. The number of allylic oxidation sites excluding steroid dienone is 8. The number of rotatable bonds is 36. The average molecular weight is 674 g/mol. The largest absolute Gasteiger partial charge is 0.464 e. The van der Waals surface area contributed by atoms with E-state index < -0.39 is 0 Å². The van der Waals surface area contributed by atoms with E-state index in [1.54, 1.807) is 0 Å². The van der Waals surface area contributed by atoms with Crippen LogP contribution in [0.1, 0.15) is 168 Å². The second-order valence-corrected chi connectivity index (χ2v) is 13.0. The lowest BCUT2D eigenvalue weighted by molar-refractivity contribution is -0.144. The van der Waals surface area contributed by atoms with Gasteiger partial charge in [-0.1, -0.05) is 127 Å². The molecule has 0 rings (SSSR count). The molecule has 278 valence electrons. The third-order valence-electron chi connectivity index (χ3n) is 8.42. The molecule has 0 saturated heterocycles. The highest BCUT2D eigenvalue weighted by atomic mass is 16.5. The molecule has 0 atom stereocenters. The predicted molar refractivity (Wildman–Crippen MR) is 204 cm³/mol. The van der Waals surface area contributed by atoms with Crippen LogP contribution in [-0.2, 0) is 19.1 Å². The fourth-order valence-corrected chi connectivity index (χ4v) is 5.36. The SMILES string of the molecule is CCCCC/C=C\C/C=C\CCCCCCCC(=O)OCCN(CCO)CCOC(=O)CCCCCCC/C=C\C/C=C\CCCCC. The van der Waals surface area contributed by atoms with Crippen LogP contribution in [0, 0.1) is 0 Å².